The third-order valence-corrected chi connectivity index (χ3v) is 3.63. The molecule has 0 N–H and O–H groups in total. The Hall–Kier alpha value is -0.120. The number of hydrogen-bond donors (Lipinski definition) is 0. The molecule has 1 saturated heterocycles. The van der Waals surface area contributed by atoms with Crippen molar-refractivity contribution < 1.29 is 4.74 Å². The summed E-state index contributed by atoms with van der Waals surface area (Å²) in [7, 11) is 6.59. The van der Waals surface area contributed by atoms with Gasteiger partial charge >= 0.3 is 0 Å². The number of likely N-dealkylation sites (tertiary alicyclic amines) is 1. The van der Waals surface area contributed by atoms with Crippen molar-refractivity contribution in [2.75, 3.05) is 40.8 Å². The molecule has 1 fully saturated rings. The molecule has 1 atom stereocenters. The molecule has 1 aliphatic rings. The zero-order chi connectivity index (χ0) is 12.2. The van der Waals surface area contributed by atoms with Gasteiger partial charge in [0.05, 0.1) is 18.2 Å². The summed E-state index contributed by atoms with van der Waals surface area (Å²) >= 11 is 0. The van der Waals surface area contributed by atoms with E-state index in [0.29, 0.717) is 6.10 Å². The van der Waals surface area contributed by atoms with Crippen LogP contribution in [0.15, 0.2) is 0 Å². The molecule has 0 aromatic heterocycles. The highest BCUT2D eigenvalue weighted by Gasteiger charge is 2.35. The third kappa shape index (κ3) is 3.72. The first-order valence-corrected chi connectivity index (χ1v) is 6.44. The highest BCUT2D eigenvalue weighted by Crippen LogP contribution is 2.25. The van der Waals surface area contributed by atoms with Gasteiger partial charge in [-0.1, -0.05) is 6.42 Å². The van der Waals surface area contributed by atoms with Gasteiger partial charge in [0, 0.05) is 6.54 Å². The average Bonchev–Trinajstić information content (AvgIpc) is 2.38. The minimum atomic E-state index is 0.204. The predicted molar refractivity (Wildman–Crippen MR) is 68.9 cm³/mol. The van der Waals surface area contributed by atoms with Crippen LogP contribution in [0, 0.1) is 0 Å². The van der Waals surface area contributed by atoms with E-state index in [1.54, 1.807) is 0 Å². The minimum absolute atomic E-state index is 0.204. The Kier molecular flexibility index (Phi) is 5.22. The smallest absolute Gasteiger partial charge is 0.0666 e. The second-order valence-electron chi connectivity index (χ2n) is 5.67. The van der Waals surface area contributed by atoms with Crippen LogP contribution in [0.2, 0.25) is 0 Å². The van der Waals surface area contributed by atoms with E-state index in [9.17, 15) is 0 Å². The van der Waals surface area contributed by atoms with Gasteiger partial charge in [-0.3, -0.25) is 0 Å². The van der Waals surface area contributed by atoms with Crippen LogP contribution in [0.5, 0.6) is 0 Å². The summed E-state index contributed by atoms with van der Waals surface area (Å²) in [6, 6.07) is 0. The molecule has 0 aliphatic carbocycles. The van der Waals surface area contributed by atoms with E-state index in [-0.39, 0.29) is 5.54 Å². The van der Waals surface area contributed by atoms with Crippen LogP contribution in [-0.4, -0.2) is 62.3 Å². The predicted octanol–water partition coefficient (Wildman–Crippen LogP) is 1.83. The van der Waals surface area contributed by atoms with Crippen LogP contribution in [0.4, 0.5) is 0 Å². The number of rotatable bonds is 4. The lowest BCUT2D eigenvalue weighted by atomic mass is 9.93. The monoisotopic (exact) mass is 228 g/mol. The molecule has 3 heteroatoms. The Morgan fingerprint density at radius 3 is 2.56 bits per heavy atom. The zero-order valence-electron chi connectivity index (χ0n) is 11.6. The largest absolute Gasteiger partial charge is 0.377 e. The fraction of sp³-hybridized carbons (Fsp3) is 1.00. The highest BCUT2D eigenvalue weighted by molar-refractivity contribution is 4.92. The van der Waals surface area contributed by atoms with Crippen LogP contribution in [0.1, 0.15) is 33.1 Å². The summed E-state index contributed by atoms with van der Waals surface area (Å²) in [4.78, 5) is 4.80. The van der Waals surface area contributed by atoms with E-state index < -0.39 is 0 Å². The molecule has 16 heavy (non-hydrogen) atoms. The third-order valence-electron chi connectivity index (χ3n) is 3.63. The quantitative estimate of drug-likeness (QED) is 0.730. The topological polar surface area (TPSA) is 15.7 Å². The Morgan fingerprint density at radius 2 is 2.00 bits per heavy atom. The summed E-state index contributed by atoms with van der Waals surface area (Å²) < 4.78 is 5.88. The van der Waals surface area contributed by atoms with Crippen molar-refractivity contribution in [2.24, 2.45) is 0 Å². The molecule has 0 radical (unpaired) electrons. The van der Waals surface area contributed by atoms with Gasteiger partial charge in [-0.15, -0.1) is 0 Å². The van der Waals surface area contributed by atoms with Crippen molar-refractivity contribution >= 4 is 0 Å². The van der Waals surface area contributed by atoms with Gasteiger partial charge in [-0.2, -0.15) is 0 Å². The molecule has 0 aromatic rings. The molecule has 1 heterocycles. The van der Waals surface area contributed by atoms with Gasteiger partial charge in [-0.05, 0) is 54.4 Å². The molecule has 1 unspecified atom stereocenters. The van der Waals surface area contributed by atoms with Crippen LogP contribution in [0.25, 0.3) is 0 Å². The lowest BCUT2D eigenvalue weighted by molar-refractivity contribution is -0.0254. The first-order valence-electron chi connectivity index (χ1n) is 6.44. The van der Waals surface area contributed by atoms with E-state index in [0.717, 1.165) is 13.2 Å². The van der Waals surface area contributed by atoms with Crippen LogP contribution >= 0.6 is 0 Å². The van der Waals surface area contributed by atoms with Crippen molar-refractivity contribution in [3.63, 3.8) is 0 Å². The van der Waals surface area contributed by atoms with Crippen LogP contribution < -0.4 is 0 Å². The number of nitrogens with zero attached hydrogens (tertiary/aromatic N) is 2. The molecule has 0 bridgehead atoms. The minimum Gasteiger partial charge on any atom is -0.377 e. The van der Waals surface area contributed by atoms with Gasteiger partial charge in [-0.25, -0.2) is 0 Å². The number of likely N-dealkylation sites (N-methyl/N-ethyl adjacent to an activating group) is 2. The molecule has 3 nitrogen and oxygen atoms in total. The Labute approximate surface area is 101 Å². The van der Waals surface area contributed by atoms with Crippen molar-refractivity contribution in [1.82, 2.24) is 9.80 Å². The van der Waals surface area contributed by atoms with Crippen molar-refractivity contribution in [2.45, 2.75) is 44.8 Å². The molecule has 0 spiro atoms. The molecular formula is C13H28N2O. The molecule has 1 rings (SSSR count). The van der Waals surface area contributed by atoms with Crippen molar-refractivity contribution in [3.8, 4) is 0 Å². The maximum absolute atomic E-state index is 5.88. The first-order chi connectivity index (χ1) is 7.46. The maximum Gasteiger partial charge on any atom is 0.0666 e. The van der Waals surface area contributed by atoms with Gasteiger partial charge in [0.2, 0.25) is 0 Å². The number of hydrogen-bond acceptors (Lipinski definition) is 3. The standard InChI is InChI=1S/C13H28N2O/c1-12(2)16-11-13(14(3)4)8-6-7-9-15(5)10-13/h12H,6-11H2,1-5H3. The number of ether oxygens (including phenoxy) is 1. The summed E-state index contributed by atoms with van der Waals surface area (Å²) in [6.07, 6.45) is 4.19. The first kappa shape index (κ1) is 13.9. The second-order valence-corrected chi connectivity index (χ2v) is 5.67. The molecule has 0 aromatic carbocycles. The van der Waals surface area contributed by atoms with E-state index in [1.807, 2.05) is 0 Å². The van der Waals surface area contributed by atoms with Gasteiger partial charge in [0.15, 0.2) is 0 Å². The van der Waals surface area contributed by atoms with Crippen molar-refractivity contribution in [3.05, 3.63) is 0 Å². The fourth-order valence-corrected chi connectivity index (χ4v) is 2.43. The SMILES string of the molecule is CC(C)OCC1(N(C)C)CCCCN(C)C1. The molecule has 96 valence electrons. The summed E-state index contributed by atoms with van der Waals surface area (Å²) in [5.74, 6) is 0. The fourth-order valence-electron chi connectivity index (χ4n) is 2.43. The average molecular weight is 228 g/mol. The highest BCUT2D eigenvalue weighted by atomic mass is 16.5. The summed E-state index contributed by atoms with van der Waals surface area (Å²) in [6.45, 7) is 7.42. The lowest BCUT2D eigenvalue weighted by Crippen LogP contribution is -2.54. The molecule has 0 amide bonds. The Bertz CT molecular complexity index is 206. The van der Waals surface area contributed by atoms with Crippen LogP contribution in [0.3, 0.4) is 0 Å². The normalized spacial score (nSPS) is 28.7. The Balaban J connectivity index is 2.68. The summed E-state index contributed by atoms with van der Waals surface area (Å²) in [5, 5.41) is 0. The van der Waals surface area contributed by atoms with E-state index in [4.69, 9.17) is 4.74 Å². The molecule has 0 saturated carbocycles. The van der Waals surface area contributed by atoms with E-state index in [2.05, 4.69) is 44.8 Å². The molecular weight excluding hydrogens is 200 g/mol. The molecule has 1 aliphatic heterocycles. The summed E-state index contributed by atoms with van der Waals surface area (Å²) in [5.41, 5.74) is 0.204. The zero-order valence-corrected chi connectivity index (χ0v) is 11.6. The Morgan fingerprint density at radius 1 is 1.31 bits per heavy atom. The van der Waals surface area contributed by atoms with Gasteiger partial charge in [0.25, 0.3) is 0 Å². The van der Waals surface area contributed by atoms with Gasteiger partial charge in [0.1, 0.15) is 0 Å². The second kappa shape index (κ2) is 5.99. The maximum atomic E-state index is 5.88. The lowest BCUT2D eigenvalue weighted by Gasteiger charge is -2.41. The van der Waals surface area contributed by atoms with Crippen LogP contribution in [-0.2, 0) is 4.74 Å². The van der Waals surface area contributed by atoms with E-state index in [1.165, 1.54) is 25.8 Å². The van der Waals surface area contributed by atoms with Crippen molar-refractivity contribution in [1.29, 1.82) is 0 Å². The van der Waals surface area contributed by atoms with E-state index >= 15 is 0 Å². The van der Waals surface area contributed by atoms with Gasteiger partial charge < -0.3 is 14.5 Å².